The molecule has 196 valence electrons. The molecule has 2 amide bonds. The number of urea groups is 1. The number of ether oxygens (including phenoxy) is 1. The molecule has 0 spiro atoms. The SMILES string of the molecule is COc1cccc([C@H]2c3cccn3-c3c(c(C)nn3-c3ccccc3)CN2C(=O)Nc2cccc(Cl)c2C)c1. The zero-order chi connectivity index (χ0) is 27.1. The molecular weight excluding hydrogens is 510 g/mol. The van der Waals surface area contributed by atoms with Crippen molar-refractivity contribution in [2.24, 2.45) is 0 Å². The molecule has 39 heavy (non-hydrogen) atoms. The van der Waals surface area contributed by atoms with Gasteiger partial charge >= 0.3 is 6.03 Å². The van der Waals surface area contributed by atoms with Gasteiger partial charge in [-0.15, -0.1) is 0 Å². The number of fused-ring (bicyclic) bond motifs is 3. The number of hydrogen-bond acceptors (Lipinski definition) is 3. The van der Waals surface area contributed by atoms with E-state index in [4.69, 9.17) is 21.4 Å². The molecule has 1 aliphatic heterocycles. The van der Waals surface area contributed by atoms with Crippen molar-refractivity contribution in [1.82, 2.24) is 19.2 Å². The lowest BCUT2D eigenvalue weighted by Crippen LogP contribution is -2.38. The Hall–Kier alpha value is -4.49. The predicted octanol–water partition coefficient (Wildman–Crippen LogP) is 7.08. The molecule has 0 saturated carbocycles. The number of methoxy groups -OCH3 is 1. The van der Waals surface area contributed by atoms with Crippen molar-refractivity contribution in [3.8, 4) is 17.3 Å². The molecule has 1 aliphatic rings. The molecule has 8 heteroatoms. The topological polar surface area (TPSA) is 64.3 Å². The first-order valence-corrected chi connectivity index (χ1v) is 13.1. The normalized spacial score (nSPS) is 14.4. The van der Waals surface area contributed by atoms with Gasteiger partial charge in [-0.3, -0.25) is 0 Å². The van der Waals surface area contributed by atoms with Crippen molar-refractivity contribution in [2.75, 3.05) is 12.4 Å². The quantitative estimate of drug-likeness (QED) is 0.266. The summed E-state index contributed by atoms with van der Waals surface area (Å²) in [6, 6.07) is 26.9. The fourth-order valence-electron chi connectivity index (χ4n) is 5.24. The van der Waals surface area contributed by atoms with Gasteiger partial charge in [0, 0.05) is 22.5 Å². The van der Waals surface area contributed by atoms with Crippen LogP contribution in [0.15, 0.2) is 91.1 Å². The summed E-state index contributed by atoms with van der Waals surface area (Å²) in [7, 11) is 1.65. The molecule has 0 unspecified atom stereocenters. The first kappa shape index (κ1) is 24.8. The van der Waals surface area contributed by atoms with Crippen LogP contribution < -0.4 is 10.1 Å². The Morgan fingerprint density at radius 2 is 1.79 bits per heavy atom. The van der Waals surface area contributed by atoms with Crippen molar-refractivity contribution in [2.45, 2.75) is 26.4 Å². The number of anilines is 1. The molecule has 0 saturated heterocycles. The van der Waals surface area contributed by atoms with Crippen LogP contribution in [0.5, 0.6) is 5.75 Å². The number of halogens is 1. The number of hydrogen-bond donors (Lipinski definition) is 1. The summed E-state index contributed by atoms with van der Waals surface area (Å²) in [6.45, 7) is 4.24. The van der Waals surface area contributed by atoms with Crippen LogP contribution in [0.2, 0.25) is 5.02 Å². The van der Waals surface area contributed by atoms with Gasteiger partial charge in [-0.1, -0.05) is 48.0 Å². The van der Waals surface area contributed by atoms with E-state index in [2.05, 4.69) is 16.0 Å². The Morgan fingerprint density at radius 3 is 2.59 bits per heavy atom. The molecule has 0 bridgehead atoms. The van der Waals surface area contributed by atoms with Gasteiger partial charge in [0.25, 0.3) is 0 Å². The lowest BCUT2D eigenvalue weighted by Gasteiger charge is -2.31. The number of nitrogens with zero attached hydrogens (tertiary/aromatic N) is 4. The van der Waals surface area contributed by atoms with Crippen molar-refractivity contribution < 1.29 is 9.53 Å². The van der Waals surface area contributed by atoms with Crippen LogP contribution in [0, 0.1) is 13.8 Å². The number of carbonyl (C=O) groups is 1. The van der Waals surface area contributed by atoms with E-state index in [-0.39, 0.29) is 6.03 Å². The number of aromatic nitrogens is 3. The Balaban J connectivity index is 1.55. The first-order valence-electron chi connectivity index (χ1n) is 12.7. The highest BCUT2D eigenvalue weighted by Gasteiger charge is 2.36. The maximum Gasteiger partial charge on any atom is 0.322 e. The average Bonchev–Trinajstić information content (AvgIpc) is 3.52. The van der Waals surface area contributed by atoms with Gasteiger partial charge in [-0.25, -0.2) is 9.48 Å². The first-order chi connectivity index (χ1) is 19.0. The van der Waals surface area contributed by atoms with E-state index in [1.807, 2.05) is 108 Å². The molecule has 0 radical (unpaired) electrons. The lowest BCUT2D eigenvalue weighted by atomic mass is 10.0. The number of benzene rings is 3. The number of aryl methyl sites for hydroxylation is 1. The molecule has 2 aromatic heterocycles. The van der Waals surface area contributed by atoms with Gasteiger partial charge in [-0.2, -0.15) is 5.10 Å². The van der Waals surface area contributed by atoms with Gasteiger partial charge in [0.05, 0.1) is 36.8 Å². The summed E-state index contributed by atoms with van der Waals surface area (Å²) in [4.78, 5) is 16.0. The minimum absolute atomic E-state index is 0.236. The van der Waals surface area contributed by atoms with Crippen molar-refractivity contribution in [3.63, 3.8) is 0 Å². The molecular formula is C31H28ClN5O2. The molecule has 5 aromatic rings. The molecule has 0 fully saturated rings. The van der Waals surface area contributed by atoms with Crippen molar-refractivity contribution >= 4 is 23.3 Å². The molecule has 7 nitrogen and oxygen atoms in total. The predicted molar refractivity (Wildman–Crippen MR) is 153 cm³/mol. The molecule has 1 N–H and O–H groups in total. The van der Waals surface area contributed by atoms with Gasteiger partial charge in [-0.05, 0) is 73.5 Å². The molecule has 6 rings (SSSR count). The van der Waals surface area contributed by atoms with E-state index < -0.39 is 6.04 Å². The highest BCUT2D eigenvalue weighted by atomic mass is 35.5. The van der Waals surface area contributed by atoms with Crippen molar-refractivity contribution in [1.29, 1.82) is 0 Å². The highest BCUT2D eigenvalue weighted by Crippen LogP contribution is 2.39. The maximum atomic E-state index is 14.2. The maximum absolute atomic E-state index is 14.2. The summed E-state index contributed by atoms with van der Waals surface area (Å²) in [5, 5.41) is 8.64. The van der Waals surface area contributed by atoms with Crippen molar-refractivity contribution in [3.05, 3.63) is 124 Å². The molecule has 3 heterocycles. The number of para-hydroxylation sites is 1. The second kappa shape index (κ2) is 10.0. The summed E-state index contributed by atoms with van der Waals surface area (Å²) in [5.74, 6) is 1.64. The summed E-state index contributed by atoms with van der Waals surface area (Å²) in [5.41, 5.74) is 6.15. The highest BCUT2D eigenvalue weighted by molar-refractivity contribution is 6.31. The van der Waals surface area contributed by atoms with E-state index >= 15 is 0 Å². The molecule has 1 atom stereocenters. The zero-order valence-corrected chi connectivity index (χ0v) is 22.7. The molecule has 0 aliphatic carbocycles. The van der Waals surface area contributed by atoms with Gasteiger partial charge in [0.2, 0.25) is 0 Å². The van der Waals surface area contributed by atoms with Gasteiger partial charge in [0.15, 0.2) is 0 Å². The Kier molecular flexibility index (Phi) is 6.37. The van der Waals surface area contributed by atoms with Crippen LogP contribution in [-0.4, -0.2) is 32.4 Å². The lowest BCUT2D eigenvalue weighted by molar-refractivity contribution is 0.194. The Morgan fingerprint density at radius 1 is 1.00 bits per heavy atom. The minimum atomic E-state index is -0.398. The van der Waals surface area contributed by atoms with E-state index in [1.165, 1.54) is 0 Å². The third-order valence-corrected chi connectivity index (χ3v) is 7.68. The standard InChI is InChI=1S/C31H28ClN5O2/c1-20-26(32)14-8-15-27(20)33-31(38)36-19-25-21(2)34-37(23-11-5-4-6-12-23)30(25)35-17-9-16-28(35)29(36)22-10-7-13-24(18-22)39-3/h4-18,29H,19H2,1-3H3,(H,33,38)/t29-/m0/s1. The third-order valence-electron chi connectivity index (χ3n) is 7.27. The Bertz CT molecular complexity index is 1670. The van der Waals surface area contributed by atoms with E-state index in [1.54, 1.807) is 7.11 Å². The van der Waals surface area contributed by atoms with Crippen LogP contribution in [0.1, 0.15) is 34.1 Å². The van der Waals surface area contributed by atoms with E-state index in [0.29, 0.717) is 17.3 Å². The number of amides is 2. The number of rotatable bonds is 4. The number of carbonyl (C=O) groups excluding carboxylic acids is 1. The van der Waals surface area contributed by atoms with Crippen LogP contribution in [0.3, 0.4) is 0 Å². The third kappa shape index (κ3) is 4.34. The van der Waals surface area contributed by atoms with Gasteiger partial charge < -0.3 is 19.5 Å². The minimum Gasteiger partial charge on any atom is -0.497 e. The van der Waals surface area contributed by atoms with E-state index in [9.17, 15) is 4.79 Å². The second-order valence-corrected chi connectivity index (χ2v) is 9.99. The van der Waals surface area contributed by atoms with Crippen LogP contribution in [-0.2, 0) is 6.54 Å². The average molecular weight is 538 g/mol. The number of nitrogens with one attached hydrogen (secondary N) is 1. The van der Waals surface area contributed by atoms with E-state index in [0.717, 1.165) is 45.3 Å². The summed E-state index contributed by atoms with van der Waals surface area (Å²) >= 11 is 6.37. The van der Waals surface area contributed by atoms with Crippen LogP contribution >= 0.6 is 11.6 Å². The second-order valence-electron chi connectivity index (χ2n) is 9.59. The summed E-state index contributed by atoms with van der Waals surface area (Å²) < 4.78 is 9.66. The van der Waals surface area contributed by atoms with Crippen LogP contribution in [0.4, 0.5) is 10.5 Å². The fourth-order valence-corrected chi connectivity index (χ4v) is 5.42. The smallest absolute Gasteiger partial charge is 0.322 e. The Labute approximate surface area is 232 Å². The fraction of sp³-hybridized carbons (Fsp3) is 0.161. The largest absolute Gasteiger partial charge is 0.497 e. The summed E-state index contributed by atoms with van der Waals surface area (Å²) in [6.07, 6.45) is 2.03. The molecule has 3 aromatic carbocycles. The zero-order valence-electron chi connectivity index (χ0n) is 21.9. The van der Waals surface area contributed by atoms with Gasteiger partial charge in [0.1, 0.15) is 11.6 Å². The monoisotopic (exact) mass is 537 g/mol. The van der Waals surface area contributed by atoms with Crippen LogP contribution in [0.25, 0.3) is 11.5 Å².